The fraction of sp³-hybridized carbons (Fsp3) is 0.263. The Kier molecular flexibility index (Phi) is 6.00. The zero-order valence-corrected chi connectivity index (χ0v) is 15.7. The predicted molar refractivity (Wildman–Crippen MR) is 97.4 cm³/mol. The van der Waals surface area contributed by atoms with Crippen molar-refractivity contribution in [2.24, 2.45) is 0 Å². The minimum absolute atomic E-state index is 0.0652. The molecule has 0 aliphatic carbocycles. The lowest BCUT2D eigenvalue weighted by atomic mass is 9.91. The van der Waals surface area contributed by atoms with Crippen molar-refractivity contribution in [2.75, 3.05) is 5.75 Å². The van der Waals surface area contributed by atoms with Crippen LogP contribution in [0.4, 0.5) is 4.39 Å². The Morgan fingerprint density at radius 3 is 2.33 bits per heavy atom. The third-order valence-electron chi connectivity index (χ3n) is 4.24. The van der Waals surface area contributed by atoms with Crippen LogP contribution in [-0.4, -0.2) is 31.2 Å². The number of benzene rings is 2. The number of carbonyl (C=O) groups is 2. The maximum absolute atomic E-state index is 13.1. The summed E-state index contributed by atoms with van der Waals surface area (Å²) in [6.07, 6.45) is -0.197. The van der Waals surface area contributed by atoms with E-state index in [0.29, 0.717) is 5.56 Å². The van der Waals surface area contributed by atoms with Crippen molar-refractivity contribution in [2.45, 2.75) is 30.7 Å². The molecule has 0 spiro atoms. The van der Waals surface area contributed by atoms with Gasteiger partial charge in [-0.1, -0.05) is 31.2 Å². The van der Waals surface area contributed by atoms with E-state index in [-0.39, 0.29) is 22.6 Å². The van der Waals surface area contributed by atoms with Crippen LogP contribution < -0.4 is 5.32 Å². The first kappa shape index (κ1) is 20.6. The molecular weight excluding hydrogens is 373 g/mol. The molecule has 0 saturated carbocycles. The summed E-state index contributed by atoms with van der Waals surface area (Å²) in [4.78, 5) is 24.2. The molecule has 1 amide bonds. The van der Waals surface area contributed by atoms with Gasteiger partial charge in [0.05, 0.1) is 17.1 Å². The molecule has 0 aromatic heterocycles. The van der Waals surface area contributed by atoms with Crippen LogP contribution in [0.15, 0.2) is 53.4 Å². The number of carbonyl (C=O) groups excluding carboxylic acids is 1. The van der Waals surface area contributed by atoms with Crippen LogP contribution in [0.2, 0.25) is 0 Å². The van der Waals surface area contributed by atoms with Gasteiger partial charge in [-0.25, -0.2) is 17.6 Å². The zero-order chi connectivity index (χ0) is 20.2. The Labute approximate surface area is 157 Å². The third kappa shape index (κ3) is 4.71. The Bertz CT molecular complexity index is 956. The number of aliphatic carboxylic acids is 1. The van der Waals surface area contributed by atoms with Gasteiger partial charge >= 0.3 is 5.97 Å². The lowest BCUT2D eigenvalue weighted by Gasteiger charge is -2.27. The third-order valence-corrected chi connectivity index (χ3v) is 5.97. The molecular formula is C19H20FNO5S. The van der Waals surface area contributed by atoms with Crippen molar-refractivity contribution in [1.82, 2.24) is 5.32 Å². The number of halogens is 1. The largest absolute Gasteiger partial charge is 0.479 e. The van der Waals surface area contributed by atoms with Crippen LogP contribution >= 0.6 is 0 Å². The van der Waals surface area contributed by atoms with Crippen LogP contribution in [0.5, 0.6) is 0 Å². The summed E-state index contributed by atoms with van der Waals surface area (Å²) in [5.41, 5.74) is -1.10. The van der Waals surface area contributed by atoms with Gasteiger partial charge in [0.25, 0.3) is 0 Å². The van der Waals surface area contributed by atoms with Crippen molar-refractivity contribution in [3.63, 3.8) is 0 Å². The van der Waals surface area contributed by atoms with E-state index in [4.69, 9.17) is 0 Å². The maximum atomic E-state index is 13.1. The maximum Gasteiger partial charge on any atom is 0.333 e. The number of amides is 1. The van der Waals surface area contributed by atoms with Crippen molar-refractivity contribution in [3.05, 3.63) is 65.5 Å². The Hall–Kier alpha value is -2.74. The molecule has 6 nitrogen and oxygen atoms in total. The second-order valence-electron chi connectivity index (χ2n) is 6.21. The minimum atomic E-state index is -3.41. The van der Waals surface area contributed by atoms with Crippen LogP contribution in [-0.2, 0) is 31.4 Å². The molecule has 0 heterocycles. The topological polar surface area (TPSA) is 101 Å². The van der Waals surface area contributed by atoms with Gasteiger partial charge in [-0.05, 0) is 42.3 Å². The van der Waals surface area contributed by atoms with Crippen LogP contribution in [0.3, 0.4) is 0 Å². The molecule has 1 atom stereocenters. The molecule has 1 unspecified atom stereocenters. The highest BCUT2D eigenvalue weighted by molar-refractivity contribution is 7.91. The van der Waals surface area contributed by atoms with Crippen LogP contribution in [0.1, 0.15) is 25.0 Å². The van der Waals surface area contributed by atoms with Crippen LogP contribution in [0.25, 0.3) is 0 Å². The molecule has 0 fully saturated rings. The Balaban J connectivity index is 2.24. The lowest BCUT2D eigenvalue weighted by molar-refractivity contribution is -0.147. The van der Waals surface area contributed by atoms with Gasteiger partial charge < -0.3 is 10.4 Å². The van der Waals surface area contributed by atoms with Gasteiger partial charge in [0, 0.05) is 0 Å². The van der Waals surface area contributed by atoms with Crippen LogP contribution in [0, 0.1) is 5.82 Å². The van der Waals surface area contributed by atoms with Crippen molar-refractivity contribution in [3.8, 4) is 0 Å². The molecule has 0 aliphatic rings. The van der Waals surface area contributed by atoms with Gasteiger partial charge in [0.15, 0.2) is 15.4 Å². The smallest absolute Gasteiger partial charge is 0.333 e. The predicted octanol–water partition coefficient (Wildman–Crippen LogP) is 2.28. The van der Waals surface area contributed by atoms with Gasteiger partial charge in [-0.2, -0.15) is 0 Å². The molecule has 8 heteroatoms. The SMILES string of the molecule is CCS(=O)(=O)c1cccc(CC(=O)NC(C)(C(=O)O)c2ccc(F)cc2)c1. The summed E-state index contributed by atoms with van der Waals surface area (Å²) in [7, 11) is -3.41. The van der Waals surface area contributed by atoms with E-state index in [1.54, 1.807) is 6.07 Å². The molecule has 2 rings (SSSR count). The quantitative estimate of drug-likeness (QED) is 0.752. The highest BCUT2D eigenvalue weighted by Crippen LogP contribution is 2.22. The monoisotopic (exact) mass is 393 g/mol. The van der Waals surface area contributed by atoms with Gasteiger partial charge in [-0.3, -0.25) is 4.79 Å². The summed E-state index contributed by atoms with van der Waals surface area (Å²) in [6, 6.07) is 10.8. The zero-order valence-electron chi connectivity index (χ0n) is 14.9. The highest BCUT2D eigenvalue weighted by atomic mass is 32.2. The van der Waals surface area contributed by atoms with Crippen molar-refractivity contribution in [1.29, 1.82) is 0 Å². The molecule has 2 N–H and O–H groups in total. The fourth-order valence-electron chi connectivity index (χ4n) is 2.56. The van der Waals surface area contributed by atoms with Gasteiger partial charge in [0.1, 0.15) is 5.82 Å². The second-order valence-corrected chi connectivity index (χ2v) is 8.49. The average molecular weight is 393 g/mol. The fourth-order valence-corrected chi connectivity index (χ4v) is 3.51. The summed E-state index contributed by atoms with van der Waals surface area (Å²) in [5.74, 6) is -2.49. The second kappa shape index (κ2) is 7.87. The number of carboxylic acid groups (broad SMARTS) is 1. The van der Waals surface area contributed by atoms with Crippen molar-refractivity contribution < 1.29 is 27.5 Å². The highest BCUT2D eigenvalue weighted by Gasteiger charge is 2.36. The van der Waals surface area contributed by atoms with Gasteiger partial charge in [0.2, 0.25) is 5.91 Å². The summed E-state index contributed by atoms with van der Waals surface area (Å²) in [5, 5.41) is 12.0. The standard InChI is InChI=1S/C19H20FNO5S/c1-3-27(25,26)16-6-4-5-13(11-16)12-17(22)21-19(2,18(23)24)14-7-9-15(20)10-8-14/h4-11H,3,12H2,1-2H3,(H,21,22)(H,23,24). The number of nitrogens with one attached hydrogen (secondary N) is 1. The van der Waals surface area contributed by atoms with E-state index in [1.807, 2.05) is 0 Å². The molecule has 144 valence electrons. The Morgan fingerprint density at radius 2 is 1.78 bits per heavy atom. The van der Waals surface area contributed by atoms with E-state index in [2.05, 4.69) is 5.32 Å². The molecule has 0 radical (unpaired) electrons. The normalized spacial score (nSPS) is 13.6. The molecule has 2 aromatic carbocycles. The van der Waals surface area contributed by atoms with E-state index in [1.165, 1.54) is 44.2 Å². The molecule has 0 saturated heterocycles. The summed E-state index contributed by atoms with van der Waals surface area (Å²) < 4.78 is 37.0. The number of rotatable bonds is 7. The molecule has 27 heavy (non-hydrogen) atoms. The van der Waals surface area contributed by atoms with E-state index < -0.39 is 33.1 Å². The number of sulfone groups is 1. The Morgan fingerprint density at radius 1 is 1.15 bits per heavy atom. The van der Waals surface area contributed by atoms with E-state index in [9.17, 15) is 27.5 Å². The average Bonchev–Trinajstić information content (AvgIpc) is 2.62. The first-order valence-corrected chi connectivity index (χ1v) is 9.86. The molecule has 0 aliphatic heterocycles. The van der Waals surface area contributed by atoms with Crippen molar-refractivity contribution >= 4 is 21.7 Å². The molecule has 2 aromatic rings. The minimum Gasteiger partial charge on any atom is -0.479 e. The number of hydrogen-bond acceptors (Lipinski definition) is 4. The van der Waals surface area contributed by atoms with E-state index in [0.717, 1.165) is 12.1 Å². The first-order chi connectivity index (χ1) is 12.6. The van der Waals surface area contributed by atoms with Gasteiger partial charge in [-0.15, -0.1) is 0 Å². The number of carboxylic acids is 1. The first-order valence-electron chi connectivity index (χ1n) is 8.20. The van der Waals surface area contributed by atoms with E-state index >= 15 is 0 Å². The lowest BCUT2D eigenvalue weighted by Crippen LogP contribution is -2.50. The molecule has 0 bridgehead atoms. The number of hydrogen-bond donors (Lipinski definition) is 2. The summed E-state index contributed by atoms with van der Waals surface area (Å²) in [6.45, 7) is 2.83. The summed E-state index contributed by atoms with van der Waals surface area (Å²) >= 11 is 0.